The van der Waals surface area contributed by atoms with Gasteiger partial charge >= 0.3 is 0 Å². The fraction of sp³-hybridized carbons (Fsp3) is 0.182. The van der Waals surface area contributed by atoms with Gasteiger partial charge in [-0.15, -0.1) is 0 Å². The Morgan fingerprint density at radius 1 is 1.17 bits per heavy atom. The highest BCUT2D eigenvalue weighted by Gasteiger charge is 1.96. The lowest BCUT2D eigenvalue weighted by atomic mass is 10.2. The van der Waals surface area contributed by atoms with E-state index in [4.69, 9.17) is 0 Å². The number of hydrogen-bond acceptors (Lipinski definition) is 0. The molecule has 60 valence electrons. The van der Waals surface area contributed by atoms with Crippen LogP contribution in [0.4, 0.5) is 4.39 Å². The summed E-state index contributed by atoms with van der Waals surface area (Å²) in [5, 5.41) is 0. The van der Waals surface area contributed by atoms with Crippen molar-refractivity contribution in [3.63, 3.8) is 0 Å². The van der Waals surface area contributed by atoms with Crippen LogP contribution in [0.2, 0.25) is 0 Å². The van der Waals surface area contributed by atoms with E-state index in [1.807, 2.05) is 13.8 Å². The van der Waals surface area contributed by atoms with Crippen LogP contribution in [0.5, 0.6) is 0 Å². The molecule has 1 aromatic carbocycles. The van der Waals surface area contributed by atoms with Crippen molar-refractivity contribution in [2.45, 2.75) is 13.8 Å². The SMILES string of the molecule is C[C+](C)C#Cc1ccc(F)cc1. The van der Waals surface area contributed by atoms with Gasteiger partial charge in [0.2, 0.25) is 0 Å². The summed E-state index contributed by atoms with van der Waals surface area (Å²) < 4.78 is 12.4. The summed E-state index contributed by atoms with van der Waals surface area (Å²) in [7, 11) is 0. The predicted molar refractivity (Wildman–Crippen MR) is 47.9 cm³/mol. The molecular weight excluding hydrogens is 151 g/mol. The minimum Gasteiger partial charge on any atom is -0.207 e. The predicted octanol–water partition coefficient (Wildman–Crippen LogP) is 2.79. The Morgan fingerprint density at radius 2 is 1.75 bits per heavy atom. The number of benzene rings is 1. The Hall–Kier alpha value is -1.42. The summed E-state index contributed by atoms with van der Waals surface area (Å²) in [6.45, 7) is 3.88. The van der Waals surface area contributed by atoms with E-state index in [0.717, 1.165) is 11.5 Å². The summed E-state index contributed by atoms with van der Waals surface area (Å²) in [5.41, 5.74) is 0.845. The van der Waals surface area contributed by atoms with E-state index in [1.165, 1.54) is 12.1 Å². The molecule has 0 atom stereocenters. The molecule has 0 bridgehead atoms. The minimum atomic E-state index is -0.224. The first-order valence-corrected chi connectivity index (χ1v) is 3.76. The zero-order chi connectivity index (χ0) is 8.97. The molecule has 0 aliphatic rings. The third kappa shape index (κ3) is 2.67. The molecule has 0 amide bonds. The van der Waals surface area contributed by atoms with Gasteiger partial charge in [-0.05, 0) is 24.3 Å². The molecule has 0 N–H and O–H groups in total. The van der Waals surface area contributed by atoms with Crippen molar-refractivity contribution in [1.82, 2.24) is 0 Å². The minimum absolute atomic E-state index is 0.224. The molecule has 0 unspecified atom stereocenters. The monoisotopic (exact) mass is 161 g/mol. The second-order valence-corrected chi connectivity index (χ2v) is 2.76. The third-order valence-electron chi connectivity index (χ3n) is 1.30. The van der Waals surface area contributed by atoms with Crippen LogP contribution in [0.3, 0.4) is 0 Å². The molecule has 0 radical (unpaired) electrons. The fourth-order valence-corrected chi connectivity index (χ4v) is 0.730. The first-order chi connectivity index (χ1) is 5.68. The van der Waals surface area contributed by atoms with Crippen molar-refractivity contribution < 1.29 is 4.39 Å². The highest BCUT2D eigenvalue weighted by atomic mass is 19.1. The first-order valence-electron chi connectivity index (χ1n) is 3.76. The Labute approximate surface area is 72.4 Å². The molecule has 0 fully saturated rings. The van der Waals surface area contributed by atoms with Crippen molar-refractivity contribution in [3.8, 4) is 11.8 Å². The van der Waals surface area contributed by atoms with Gasteiger partial charge < -0.3 is 0 Å². The molecule has 1 rings (SSSR count). The molecule has 1 heteroatoms. The summed E-state index contributed by atoms with van der Waals surface area (Å²) in [4.78, 5) is 0. The summed E-state index contributed by atoms with van der Waals surface area (Å²) in [6, 6.07) is 6.17. The van der Waals surface area contributed by atoms with Crippen LogP contribution in [0.15, 0.2) is 24.3 Å². The fourth-order valence-electron chi connectivity index (χ4n) is 0.730. The lowest BCUT2D eigenvalue weighted by Crippen LogP contribution is -1.78. The molecule has 0 aliphatic carbocycles. The van der Waals surface area contributed by atoms with Crippen LogP contribution < -0.4 is 0 Å². The van der Waals surface area contributed by atoms with Gasteiger partial charge in [-0.1, -0.05) is 0 Å². The van der Waals surface area contributed by atoms with Gasteiger partial charge in [-0.3, -0.25) is 0 Å². The Kier molecular flexibility index (Phi) is 2.76. The first kappa shape index (κ1) is 8.67. The molecule has 0 aliphatic heterocycles. The second kappa shape index (κ2) is 3.82. The van der Waals surface area contributed by atoms with Crippen LogP contribution in [0.1, 0.15) is 19.4 Å². The molecule has 0 aromatic heterocycles. The van der Waals surface area contributed by atoms with Crippen molar-refractivity contribution in [3.05, 3.63) is 41.6 Å². The standard InChI is InChI=1S/C11H10F/c1-9(2)3-4-10-5-7-11(12)8-6-10/h5-8H,1-2H3/q+1. The van der Waals surface area contributed by atoms with E-state index in [0.29, 0.717) is 0 Å². The lowest BCUT2D eigenvalue weighted by molar-refractivity contribution is 0.627. The lowest BCUT2D eigenvalue weighted by Gasteiger charge is -1.83. The summed E-state index contributed by atoms with van der Waals surface area (Å²) in [5.74, 6) is 6.67. The number of hydrogen-bond donors (Lipinski definition) is 0. The van der Waals surface area contributed by atoms with Crippen molar-refractivity contribution in [2.24, 2.45) is 0 Å². The summed E-state index contributed by atoms with van der Waals surface area (Å²) in [6.07, 6.45) is 0. The van der Waals surface area contributed by atoms with E-state index in [-0.39, 0.29) is 5.82 Å². The van der Waals surface area contributed by atoms with Gasteiger partial charge in [0, 0.05) is 13.8 Å². The highest BCUT2D eigenvalue weighted by Crippen LogP contribution is 2.01. The molecule has 0 saturated carbocycles. The van der Waals surface area contributed by atoms with E-state index < -0.39 is 0 Å². The third-order valence-corrected chi connectivity index (χ3v) is 1.30. The van der Waals surface area contributed by atoms with Crippen LogP contribution in [0, 0.1) is 23.6 Å². The zero-order valence-electron chi connectivity index (χ0n) is 7.19. The van der Waals surface area contributed by atoms with Gasteiger partial charge in [0.05, 0.1) is 0 Å². The van der Waals surface area contributed by atoms with E-state index in [2.05, 4.69) is 11.8 Å². The van der Waals surface area contributed by atoms with Crippen LogP contribution >= 0.6 is 0 Å². The largest absolute Gasteiger partial charge is 0.207 e. The maximum atomic E-state index is 12.4. The Balaban J connectivity index is 2.79. The van der Waals surface area contributed by atoms with Crippen LogP contribution in [0.25, 0.3) is 0 Å². The van der Waals surface area contributed by atoms with Gasteiger partial charge in [-0.25, -0.2) is 4.39 Å². The molecule has 12 heavy (non-hydrogen) atoms. The zero-order valence-corrected chi connectivity index (χ0v) is 7.19. The van der Waals surface area contributed by atoms with E-state index in [1.54, 1.807) is 12.1 Å². The molecule has 0 heterocycles. The van der Waals surface area contributed by atoms with E-state index in [9.17, 15) is 4.39 Å². The highest BCUT2D eigenvalue weighted by molar-refractivity contribution is 5.37. The smallest absolute Gasteiger partial charge is 0.160 e. The van der Waals surface area contributed by atoms with Crippen LogP contribution in [-0.2, 0) is 0 Å². The molecule has 0 nitrogen and oxygen atoms in total. The van der Waals surface area contributed by atoms with Gasteiger partial charge in [-0.2, -0.15) is 0 Å². The molecule has 1 aromatic rings. The summed E-state index contributed by atoms with van der Waals surface area (Å²) >= 11 is 0. The van der Waals surface area contributed by atoms with Gasteiger partial charge in [0.1, 0.15) is 23.2 Å². The average molecular weight is 161 g/mol. The van der Waals surface area contributed by atoms with Crippen molar-refractivity contribution in [1.29, 1.82) is 0 Å². The number of rotatable bonds is 0. The topological polar surface area (TPSA) is 0 Å². The van der Waals surface area contributed by atoms with E-state index >= 15 is 0 Å². The molecular formula is C11H10F+. The van der Waals surface area contributed by atoms with Gasteiger partial charge in [0.25, 0.3) is 0 Å². The second-order valence-electron chi connectivity index (χ2n) is 2.76. The Morgan fingerprint density at radius 3 is 2.25 bits per heavy atom. The number of halogens is 1. The van der Waals surface area contributed by atoms with Crippen molar-refractivity contribution >= 4 is 0 Å². The maximum Gasteiger partial charge on any atom is 0.160 e. The van der Waals surface area contributed by atoms with Crippen molar-refractivity contribution in [2.75, 3.05) is 0 Å². The maximum absolute atomic E-state index is 12.4. The molecule has 0 spiro atoms. The Bertz CT molecular complexity index is 298. The quantitative estimate of drug-likeness (QED) is 0.405. The average Bonchev–Trinajstić information content (AvgIpc) is 2.03. The molecule has 0 saturated heterocycles. The van der Waals surface area contributed by atoms with Gasteiger partial charge in [0.15, 0.2) is 5.92 Å². The van der Waals surface area contributed by atoms with Crippen LogP contribution in [-0.4, -0.2) is 0 Å². The normalized spacial score (nSPS) is 8.58.